The number of para-hydroxylation sites is 3. The summed E-state index contributed by atoms with van der Waals surface area (Å²) in [6.07, 6.45) is 0. The van der Waals surface area contributed by atoms with E-state index >= 15 is 0 Å². The smallest absolute Gasteiger partial charge is 0.0541 e. The van der Waals surface area contributed by atoms with Crippen molar-refractivity contribution >= 4 is 60.4 Å². The van der Waals surface area contributed by atoms with Crippen molar-refractivity contribution in [2.24, 2.45) is 0 Å². The normalized spacial score (nSPS) is 11.4. The number of anilines is 3. The molecule has 0 bridgehead atoms. The number of hydrogen-bond donors (Lipinski definition) is 0. The molecule has 1 aromatic heterocycles. The first kappa shape index (κ1) is 37.3. The molecule has 0 N–H and O–H groups in total. The summed E-state index contributed by atoms with van der Waals surface area (Å²) >= 11 is 0. The van der Waals surface area contributed by atoms with Crippen LogP contribution in [-0.4, -0.2) is 4.57 Å². The number of hydrogen-bond acceptors (Lipinski definition) is 1. The Morgan fingerprint density at radius 3 is 1.45 bits per heavy atom. The van der Waals surface area contributed by atoms with Crippen LogP contribution >= 0.6 is 0 Å². The molecule has 300 valence electrons. The summed E-state index contributed by atoms with van der Waals surface area (Å²) in [5, 5.41) is 7.44. The predicted octanol–water partition coefficient (Wildman–Crippen LogP) is 17.2. The minimum absolute atomic E-state index is 1.08. The van der Waals surface area contributed by atoms with Crippen molar-refractivity contribution in [3.05, 3.63) is 255 Å². The van der Waals surface area contributed by atoms with Gasteiger partial charge in [-0.2, -0.15) is 0 Å². The second-order valence-electron chi connectivity index (χ2n) is 16.5. The van der Waals surface area contributed by atoms with Gasteiger partial charge in [-0.05, 0) is 127 Å². The number of nitrogens with zero attached hydrogens (tertiary/aromatic N) is 2. The molecule has 0 fully saturated rings. The van der Waals surface area contributed by atoms with Gasteiger partial charge in [-0.15, -0.1) is 0 Å². The van der Waals surface area contributed by atoms with Crippen molar-refractivity contribution in [2.75, 3.05) is 4.90 Å². The topological polar surface area (TPSA) is 8.17 Å². The molecule has 0 atom stereocenters. The third kappa shape index (κ3) is 6.52. The van der Waals surface area contributed by atoms with Crippen molar-refractivity contribution in [1.82, 2.24) is 4.57 Å². The highest BCUT2D eigenvalue weighted by Crippen LogP contribution is 2.43. The minimum Gasteiger partial charge on any atom is -0.310 e. The first-order valence-corrected chi connectivity index (χ1v) is 22.0. The molecule has 0 unspecified atom stereocenters. The van der Waals surface area contributed by atoms with Crippen molar-refractivity contribution in [3.63, 3.8) is 0 Å². The SMILES string of the molecule is c1ccc(-c2cc(-c3cccc(N(c4ccc(-c5ccccc5-n5c6ccccc6c6ccccc65)cc4)c4cccc(-c5cccc6ccccc56)c4)c3)c3ccccc3c2)cc1. The average Bonchev–Trinajstić information content (AvgIpc) is 3.71. The van der Waals surface area contributed by atoms with E-state index in [9.17, 15) is 0 Å². The Kier molecular flexibility index (Phi) is 9.20. The predicted molar refractivity (Wildman–Crippen MR) is 272 cm³/mol. The van der Waals surface area contributed by atoms with E-state index in [2.05, 4.69) is 264 Å². The van der Waals surface area contributed by atoms with Gasteiger partial charge in [0, 0.05) is 33.4 Å². The quantitative estimate of drug-likeness (QED) is 0.148. The van der Waals surface area contributed by atoms with E-state index in [1.165, 1.54) is 82.3 Å². The Labute approximate surface area is 373 Å². The van der Waals surface area contributed by atoms with Crippen LogP contribution in [0.25, 0.3) is 93.5 Å². The molecule has 64 heavy (non-hydrogen) atoms. The Balaban J connectivity index is 1.02. The summed E-state index contributed by atoms with van der Waals surface area (Å²) in [5.41, 5.74) is 16.3. The van der Waals surface area contributed by atoms with Gasteiger partial charge in [-0.1, -0.05) is 188 Å². The van der Waals surface area contributed by atoms with Gasteiger partial charge in [-0.25, -0.2) is 0 Å². The highest BCUT2D eigenvalue weighted by molar-refractivity contribution is 6.10. The third-order valence-electron chi connectivity index (χ3n) is 12.8. The first-order chi connectivity index (χ1) is 31.7. The number of fused-ring (bicyclic) bond motifs is 5. The summed E-state index contributed by atoms with van der Waals surface area (Å²) in [7, 11) is 0. The first-order valence-electron chi connectivity index (χ1n) is 22.0. The van der Waals surface area contributed by atoms with E-state index in [0.717, 1.165) is 28.3 Å². The molecule has 11 aromatic carbocycles. The molecular formula is C62H42N2. The van der Waals surface area contributed by atoms with Gasteiger partial charge in [0.05, 0.1) is 16.7 Å². The van der Waals surface area contributed by atoms with E-state index < -0.39 is 0 Å². The number of rotatable bonds is 8. The Morgan fingerprint density at radius 2 is 0.750 bits per heavy atom. The van der Waals surface area contributed by atoms with Crippen LogP contribution in [0, 0.1) is 0 Å². The third-order valence-corrected chi connectivity index (χ3v) is 12.8. The van der Waals surface area contributed by atoms with E-state index in [-0.39, 0.29) is 0 Å². The molecule has 1 heterocycles. The van der Waals surface area contributed by atoms with E-state index in [4.69, 9.17) is 0 Å². The number of benzene rings is 11. The van der Waals surface area contributed by atoms with Crippen LogP contribution in [0.2, 0.25) is 0 Å². The van der Waals surface area contributed by atoms with Crippen LogP contribution in [0.5, 0.6) is 0 Å². The molecule has 0 saturated heterocycles. The molecule has 0 aliphatic rings. The standard InChI is InChI=1S/C62H42N2/c1-2-17-43(18-3-1)49-39-46-20-5-7-27-55(46)59(42-49)48-23-15-25-52(41-48)63(51-24-14-22-47(40-51)54-31-16-21-44-19-4-6-26-53(44)54)50-37-35-45(36-38-50)56-28-8-11-32-60(56)64-61-33-12-9-29-57(61)58-30-10-13-34-62(58)64/h1-42H. The Morgan fingerprint density at radius 1 is 0.250 bits per heavy atom. The second-order valence-corrected chi connectivity index (χ2v) is 16.5. The maximum atomic E-state index is 2.42. The maximum Gasteiger partial charge on any atom is 0.0541 e. The van der Waals surface area contributed by atoms with E-state index in [1.807, 2.05) is 0 Å². The van der Waals surface area contributed by atoms with Crippen LogP contribution in [0.4, 0.5) is 17.1 Å². The lowest BCUT2D eigenvalue weighted by Gasteiger charge is -2.27. The van der Waals surface area contributed by atoms with Crippen LogP contribution < -0.4 is 4.90 Å². The maximum absolute atomic E-state index is 2.42. The Bertz CT molecular complexity index is 3610. The zero-order chi connectivity index (χ0) is 42.4. The van der Waals surface area contributed by atoms with Gasteiger partial charge in [0.15, 0.2) is 0 Å². The van der Waals surface area contributed by atoms with Gasteiger partial charge >= 0.3 is 0 Å². The monoisotopic (exact) mass is 814 g/mol. The van der Waals surface area contributed by atoms with E-state index in [0.29, 0.717) is 0 Å². The van der Waals surface area contributed by atoms with Crippen molar-refractivity contribution in [1.29, 1.82) is 0 Å². The molecule has 0 amide bonds. The summed E-state index contributed by atoms with van der Waals surface area (Å²) in [6.45, 7) is 0. The van der Waals surface area contributed by atoms with Gasteiger partial charge in [0.1, 0.15) is 0 Å². The highest BCUT2D eigenvalue weighted by atomic mass is 15.1. The highest BCUT2D eigenvalue weighted by Gasteiger charge is 2.19. The fourth-order valence-corrected chi connectivity index (χ4v) is 9.78. The van der Waals surface area contributed by atoms with Crippen LogP contribution in [0.3, 0.4) is 0 Å². The summed E-state index contributed by atoms with van der Waals surface area (Å²) in [6, 6.07) is 92.7. The lowest BCUT2D eigenvalue weighted by atomic mass is 9.92. The van der Waals surface area contributed by atoms with Crippen molar-refractivity contribution in [2.45, 2.75) is 0 Å². The molecule has 12 rings (SSSR count). The summed E-state index contributed by atoms with van der Waals surface area (Å²) in [5.74, 6) is 0. The van der Waals surface area contributed by atoms with Crippen molar-refractivity contribution in [3.8, 4) is 50.2 Å². The fraction of sp³-hybridized carbons (Fsp3) is 0. The minimum atomic E-state index is 1.08. The van der Waals surface area contributed by atoms with Crippen molar-refractivity contribution < 1.29 is 0 Å². The summed E-state index contributed by atoms with van der Waals surface area (Å²) in [4.78, 5) is 2.41. The largest absolute Gasteiger partial charge is 0.310 e. The zero-order valence-corrected chi connectivity index (χ0v) is 35.1. The van der Waals surface area contributed by atoms with E-state index in [1.54, 1.807) is 0 Å². The lowest BCUT2D eigenvalue weighted by Crippen LogP contribution is -2.10. The molecule has 0 spiro atoms. The van der Waals surface area contributed by atoms with Gasteiger partial charge in [-0.3, -0.25) is 0 Å². The molecule has 0 aliphatic carbocycles. The van der Waals surface area contributed by atoms with Gasteiger partial charge in [0.25, 0.3) is 0 Å². The van der Waals surface area contributed by atoms with Crippen LogP contribution in [0.1, 0.15) is 0 Å². The lowest BCUT2D eigenvalue weighted by molar-refractivity contribution is 1.18. The van der Waals surface area contributed by atoms with Gasteiger partial charge < -0.3 is 9.47 Å². The number of aromatic nitrogens is 1. The molecule has 0 radical (unpaired) electrons. The molecule has 0 saturated carbocycles. The van der Waals surface area contributed by atoms with Crippen LogP contribution in [0.15, 0.2) is 255 Å². The molecule has 2 heteroatoms. The fourth-order valence-electron chi connectivity index (χ4n) is 9.78. The molecule has 2 nitrogen and oxygen atoms in total. The molecule has 12 aromatic rings. The average molecular weight is 815 g/mol. The molecular weight excluding hydrogens is 773 g/mol. The van der Waals surface area contributed by atoms with Crippen LogP contribution in [-0.2, 0) is 0 Å². The molecule has 0 aliphatic heterocycles. The zero-order valence-electron chi connectivity index (χ0n) is 35.1. The Hall–Kier alpha value is -8.46. The summed E-state index contributed by atoms with van der Waals surface area (Å²) < 4.78 is 2.42. The van der Waals surface area contributed by atoms with Gasteiger partial charge in [0.2, 0.25) is 0 Å². The second kappa shape index (κ2) is 15.8.